The Kier molecular flexibility index (Phi) is 7.45. The molecule has 0 N–H and O–H groups in total. The fraction of sp³-hybridized carbons (Fsp3) is 0.462. The Labute approximate surface area is 201 Å². The van der Waals surface area contributed by atoms with Crippen molar-refractivity contribution < 1.29 is 9.59 Å². The lowest BCUT2D eigenvalue weighted by molar-refractivity contribution is -0.133. The van der Waals surface area contributed by atoms with Gasteiger partial charge in [0.05, 0.1) is 5.69 Å². The quantitative estimate of drug-likeness (QED) is 0.516. The number of amides is 2. The Morgan fingerprint density at radius 3 is 2.41 bits per heavy atom. The monoisotopic (exact) mass is 462 g/mol. The maximum Gasteiger partial charge on any atom is 0.274 e. The van der Waals surface area contributed by atoms with Crippen molar-refractivity contribution in [2.75, 3.05) is 20.1 Å². The standard InChI is InChI=1S/C26H34N6O2/c1-20-9-17-32(27-20)18-13-25(33)31-15-10-22(11-16-31)24(19-21-7-5-4-6-8-21)30(3)26(34)23-12-14-29(2)28-23/h4-9,12,14,17,22,24H,10-11,13,15-16,18-19H2,1-3H3. The summed E-state index contributed by atoms with van der Waals surface area (Å²) in [4.78, 5) is 29.8. The maximum absolute atomic E-state index is 13.2. The lowest BCUT2D eigenvalue weighted by atomic mass is 9.84. The first kappa shape index (κ1) is 23.7. The van der Waals surface area contributed by atoms with Crippen molar-refractivity contribution in [2.45, 2.75) is 45.2 Å². The molecule has 0 saturated carbocycles. The third kappa shape index (κ3) is 5.73. The first-order chi connectivity index (χ1) is 16.4. The number of rotatable bonds is 8. The van der Waals surface area contributed by atoms with Crippen LogP contribution < -0.4 is 0 Å². The van der Waals surface area contributed by atoms with E-state index in [1.54, 1.807) is 16.9 Å². The van der Waals surface area contributed by atoms with E-state index in [9.17, 15) is 9.59 Å². The maximum atomic E-state index is 13.2. The van der Waals surface area contributed by atoms with Gasteiger partial charge in [0, 0.05) is 58.6 Å². The average molecular weight is 463 g/mol. The summed E-state index contributed by atoms with van der Waals surface area (Å²) < 4.78 is 3.48. The summed E-state index contributed by atoms with van der Waals surface area (Å²) in [6.45, 7) is 3.99. The number of carbonyl (C=O) groups is 2. The number of hydrogen-bond acceptors (Lipinski definition) is 4. The van der Waals surface area contributed by atoms with Crippen LogP contribution in [0.2, 0.25) is 0 Å². The molecule has 3 aromatic rings. The minimum atomic E-state index is -0.0606. The van der Waals surface area contributed by atoms with E-state index >= 15 is 0 Å². The molecule has 8 nitrogen and oxygen atoms in total. The summed E-state index contributed by atoms with van der Waals surface area (Å²) in [5, 5.41) is 8.68. The van der Waals surface area contributed by atoms with E-state index in [1.807, 2.05) is 66.0 Å². The molecule has 1 fully saturated rings. The van der Waals surface area contributed by atoms with Crippen molar-refractivity contribution in [3.05, 3.63) is 71.8 Å². The van der Waals surface area contributed by atoms with Crippen LogP contribution in [-0.2, 0) is 24.8 Å². The van der Waals surface area contributed by atoms with Gasteiger partial charge in [0.15, 0.2) is 0 Å². The van der Waals surface area contributed by atoms with E-state index in [2.05, 4.69) is 22.3 Å². The molecule has 8 heteroatoms. The van der Waals surface area contributed by atoms with Crippen LogP contribution in [0.1, 0.15) is 41.0 Å². The number of likely N-dealkylation sites (N-methyl/N-ethyl adjacent to an activating group) is 1. The van der Waals surface area contributed by atoms with E-state index < -0.39 is 0 Å². The van der Waals surface area contributed by atoms with Gasteiger partial charge in [0.2, 0.25) is 5.91 Å². The number of hydrogen-bond donors (Lipinski definition) is 0. The smallest absolute Gasteiger partial charge is 0.274 e. The summed E-state index contributed by atoms with van der Waals surface area (Å²) in [6, 6.07) is 14.1. The summed E-state index contributed by atoms with van der Waals surface area (Å²) in [5.74, 6) is 0.425. The van der Waals surface area contributed by atoms with Crippen molar-refractivity contribution in [1.29, 1.82) is 0 Å². The molecule has 1 aromatic carbocycles. The minimum Gasteiger partial charge on any atom is -0.343 e. The van der Waals surface area contributed by atoms with E-state index in [0.29, 0.717) is 24.6 Å². The van der Waals surface area contributed by atoms with Crippen molar-refractivity contribution in [3.8, 4) is 0 Å². The van der Waals surface area contributed by atoms with Gasteiger partial charge >= 0.3 is 0 Å². The topological polar surface area (TPSA) is 76.3 Å². The predicted octanol–water partition coefficient (Wildman–Crippen LogP) is 2.94. The minimum absolute atomic E-state index is 0.0428. The number of piperidine rings is 1. The van der Waals surface area contributed by atoms with Crippen LogP contribution in [0.5, 0.6) is 0 Å². The van der Waals surface area contributed by atoms with Gasteiger partial charge in [0.25, 0.3) is 5.91 Å². The molecule has 1 aliphatic rings. The molecule has 1 saturated heterocycles. The molecule has 1 unspecified atom stereocenters. The highest BCUT2D eigenvalue weighted by atomic mass is 16.2. The van der Waals surface area contributed by atoms with Gasteiger partial charge in [-0.2, -0.15) is 10.2 Å². The third-order valence-electron chi connectivity index (χ3n) is 6.80. The van der Waals surface area contributed by atoms with Crippen LogP contribution in [0.15, 0.2) is 54.9 Å². The van der Waals surface area contributed by atoms with Gasteiger partial charge < -0.3 is 9.80 Å². The highest BCUT2D eigenvalue weighted by Crippen LogP contribution is 2.27. The molecule has 1 atom stereocenters. The van der Waals surface area contributed by atoms with Gasteiger partial charge in [-0.05, 0) is 49.8 Å². The predicted molar refractivity (Wildman–Crippen MR) is 130 cm³/mol. The number of nitrogens with zero attached hydrogens (tertiary/aromatic N) is 6. The highest BCUT2D eigenvalue weighted by molar-refractivity contribution is 5.92. The molecule has 34 heavy (non-hydrogen) atoms. The van der Waals surface area contributed by atoms with Crippen LogP contribution in [-0.4, -0.2) is 67.4 Å². The van der Waals surface area contributed by atoms with Gasteiger partial charge in [-0.25, -0.2) is 0 Å². The van der Waals surface area contributed by atoms with Crippen molar-refractivity contribution in [1.82, 2.24) is 29.4 Å². The largest absolute Gasteiger partial charge is 0.343 e. The zero-order chi connectivity index (χ0) is 24.1. The summed E-state index contributed by atoms with van der Waals surface area (Å²) in [5.41, 5.74) is 2.63. The molecule has 0 bridgehead atoms. The molecule has 0 spiro atoms. The molecule has 2 amide bonds. The summed E-state index contributed by atoms with van der Waals surface area (Å²) in [6.07, 6.45) is 6.71. The Hall–Kier alpha value is -3.42. The Morgan fingerprint density at radius 2 is 1.79 bits per heavy atom. The van der Waals surface area contributed by atoms with Crippen LogP contribution in [0, 0.1) is 12.8 Å². The molecule has 4 rings (SSSR count). The second kappa shape index (κ2) is 10.7. The second-order valence-corrected chi connectivity index (χ2v) is 9.24. The number of carbonyl (C=O) groups excluding carboxylic acids is 2. The van der Waals surface area contributed by atoms with Crippen molar-refractivity contribution in [2.24, 2.45) is 13.0 Å². The first-order valence-electron chi connectivity index (χ1n) is 12.0. The van der Waals surface area contributed by atoms with Crippen molar-refractivity contribution >= 4 is 11.8 Å². The third-order valence-corrected chi connectivity index (χ3v) is 6.80. The zero-order valence-electron chi connectivity index (χ0n) is 20.3. The number of benzene rings is 1. The Morgan fingerprint density at radius 1 is 1.06 bits per heavy atom. The number of aryl methyl sites for hydroxylation is 3. The second-order valence-electron chi connectivity index (χ2n) is 9.24. The normalized spacial score (nSPS) is 15.3. The van der Waals surface area contributed by atoms with Crippen LogP contribution >= 0.6 is 0 Å². The van der Waals surface area contributed by atoms with Gasteiger partial charge in [0.1, 0.15) is 5.69 Å². The average Bonchev–Trinajstić information content (AvgIpc) is 3.48. The lowest BCUT2D eigenvalue weighted by Gasteiger charge is -2.40. The molecular formula is C26H34N6O2. The molecule has 0 aliphatic carbocycles. The molecule has 2 aromatic heterocycles. The van der Waals surface area contributed by atoms with E-state index in [1.165, 1.54) is 5.56 Å². The van der Waals surface area contributed by atoms with Crippen LogP contribution in [0.25, 0.3) is 0 Å². The first-order valence-corrected chi connectivity index (χ1v) is 12.0. The highest BCUT2D eigenvalue weighted by Gasteiger charge is 2.33. The van der Waals surface area contributed by atoms with Crippen LogP contribution in [0.4, 0.5) is 0 Å². The van der Waals surface area contributed by atoms with E-state index in [4.69, 9.17) is 0 Å². The molecular weight excluding hydrogens is 428 g/mol. The summed E-state index contributed by atoms with van der Waals surface area (Å²) >= 11 is 0. The molecule has 180 valence electrons. The lowest BCUT2D eigenvalue weighted by Crippen LogP contribution is -2.48. The molecule has 3 heterocycles. The Balaban J connectivity index is 1.40. The van der Waals surface area contributed by atoms with E-state index in [-0.39, 0.29) is 17.9 Å². The van der Waals surface area contributed by atoms with Gasteiger partial charge in [-0.15, -0.1) is 0 Å². The van der Waals surface area contributed by atoms with Gasteiger partial charge in [-0.1, -0.05) is 30.3 Å². The van der Waals surface area contributed by atoms with E-state index in [0.717, 1.165) is 38.0 Å². The fourth-order valence-corrected chi connectivity index (χ4v) is 4.83. The van der Waals surface area contributed by atoms with Gasteiger partial charge in [-0.3, -0.25) is 19.0 Å². The fourth-order valence-electron chi connectivity index (χ4n) is 4.83. The zero-order valence-corrected chi connectivity index (χ0v) is 20.3. The SMILES string of the molecule is Cc1ccn(CCC(=O)N2CCC(C(Cc3ccccc3)N(C)C(=O)c3ccn(C)n3)CC2)n1. The summed E-state index contributed by atoms with van der Waals surface area (Å²) in [7, 11) is 3.70. The van der Waals surface area contributed by atoms with Crippen LogP contribution in [0.3, 0.4) is 0 Å². The molecule has 1 aliphatic heterocycles. The number of aromatic nitrogens is 4. The molecule has 0 radical (unpaired) electrons. The Bertz CT molecular complexity index is 1100. The number of likely N-dealkylation sites (tertiary alicyclic amines) is 1. The van der Waals surface area contributed by atoms with Crippen molar-refractivity contribution in [3.63, 3.8) is 0 Å².